The van der Waals surface area contributed by atoms with Crippen LogP contribution in [-0.4, -0.2) is 42.3 Å². The third-order valence-electron chi connectivity index (χ3n) is 3.77. The highest BCUT2D eigenvalue weighted by Crippen LogP contribution is 2.32. The van der Waals surface area contributed by atoms with Crippen LogP contribution in [0.4, 0.5) is 0 Å². The fourth-order valence-corrected chi connectivity index (χ4v) is 2.73. The normalized spacial score (nSPS) is 36.2. The molecular weight excluding hydrogens is 188 g/mol. The van der Waals surface area contributed by atoms with Crippen molar-refractivity contribution in [3.63, 3.8) is 0 Å². The van der Waals surface area contributed by atoms with Crippen LogP contribution in [0.25, 0.3) is 0 Å². The molecule has 2 N–H and O–H groups in total. The van der Waals surface area contributed by atoms with Gasteiger partial charge in [-0.3, -0.25) is 4.90 Å². The molecule has 3 nitrogen and oxygen atoms in total. The Balaban J connectivity index is 1.74. The summed E-state index contributed by atoms with van der Waals surface area (Å²) in [6.45, 7) is 7.60. The van der Waals surface area contributed by atoms with Crippen LogP contribution in [0.15, 0.2) is 0 Å². The molecule has 0 aromatic carbocycles. The molecule has 88 valence electrons. The molecule has 0 bridgehead atoms. The van der Waals surface area contributed by atoms with E-state index in [0.717, 1.165) is 26.1 Å². The Morgan fingerprint density at radius 2 is 1.87 bits per heavy atom. The van der Waals surface area contributed by atoms with Crippen LogP contribution in [0.3, 0.4) is 0 Å². The molecule has 0 amide bonds. The van der Waals surface area contributed by atoms with Crippen molar-refractivity contribution in [2.75, 3.05) is 19.6 Å². The van der Waals surface area contributed by atoms with Gasteiger partial charge in [0, 0.05) is 25.2 Å². The monoisotopic (exact) mass is 212 g/mol. The number of nitrogens with two attached hydrogens (primary N) is 1. The molecule has 2 rings (SSSR count). The molecule has 1 aliphatic carbocycles. The van der Waals surface area contributed by atoms with E-state index in [1.165, 1.54) is 19.3 Å². The highest BCUT2D eigenvalue weighted by molar-refractivity contribution is 4.93. The molecule has 2 aliphatic rings. The Kier molecular flexibility index (Phi) is 3.33. The maximum atomic E-state index is 6.23. The lowest BCUT2D eigenvalue weighted by Crippen LogP contribution is -2.51. The van der Waals surface area contributed by atoms with Crippen molar-refractivity contribution >= 4 is 0 Å². The summed E-state index contributed by atoms with van der Waals surface area (Å²) in [7, 11) is 0. The Morgan fingerprint density at radius 1 is 1.27 bits per heavy atom. The number of hydrogen-bond acceptors (Lipinski definition) is 3. The predicted molar refractivity (Wildman–Crippen MR) is 61.8 cm³/mol. The minimum absolute atomic E-state index is 0.171. The van der Waals surface area contributed by atoms with E-state index in [9.17, 15) is 0 Å². The predicted octanol–water partition coefficient (Wildman–Crippen LogP) is 1.37. The van der Waals surface area contributed by atoms with E-state index in [-0.39, 0.29) is 5.54 Å². The van der Waals surface area contributed by atoms with Gasteiger partial charge in [-0.1, -0.05) is 0 Å². The lowest BCUT2D eigenvalue weighted by Gasteiger charge is -2.41. The summed E-state index contributed by atoms with van der Waals surface area (Å²) in [4.78, 5) is 2.51. The van der Waals surface area contributed by atoms with Gasteiger partial charge in [0.25, 0.3) is 0 Å². The van der Waals surface area contributed by atoms with E-state index in [1.807, 2.05) is 0 Å². The van der Waals surface area contributed by atoms with Crippen LogP contribution < -0.4 is 5.73 Å². The summed E-state index contributed by atoms with van der Waals surface area (Å²) in [6.07, 6.45) is 5.69. The summed E-state index contributed by atoms with van der Waals surface area (Å²) in [5, 5.41) is 0. The van der Waals surface area contributed by atoms with Crippen LogP contribution in [0.2, 0.25) is 0 Å². The topological polar surface area (TPSA) is 38.5 Å². The molecule has 0 radical (unpaired) electrons. The molecule has 1 saturated heterocycles. The van der Waals surface area contributed by atoms with Gasteiger partial charge in [0.15, 0.2) is 0 Å². The fraction of sp³-hybridized carbons (Fsp3) is 1.00. The van der Waals surface area contributed by atoms with Gasteiger partial charge in [-0.15, -0.1) is 0 Å². The Hall–Kier alpha value is -0.120. The van der Waals surface area contributed by atoms with Crippen molar-refractivity contribution in [1.29, 1.82) is 0 Å². The fourth-order valence-electron chi connectivity index (χ4n) is 2.73. The van der Waals surface area contributed by atoms with E-state index >= 15 is 0 Å². The third kappa shape index (κ3) is 2.92. The van der Waals surface area contributed by atoms with E-state index in [0.29, 0.717) is 12.2 Å². The first-order valence-electron chi connectivity index (χ1n) is 6.24. The van der Waals surface area contributed by atoms with Crippen LogP contribution in [0, 0.1) is 0 Å². The average Bonchev–Trinajstić information content (AvgIpc) is 2.10. The molecule has 1 heterocycles. The number of nitrogens with zero attached hydrogens (tertiary/aromatic N) is 1. The quantitative estimate of drug-likeness (QED) is 0.768. The molecule has 0 aromatic rings. The van der Waals surface area contributed by atoms with Crippen LogP contribution in [0.1, 0.15) is 39.5 Å². The van der Waals surface area contributed by atoms with E-state index in [4.69, 9.17) is 10.5 Å². The Morgan fingerprint density at radius 3 is 2.33 bits per heavy atom. The molecule has 0 aromatic heterocycles. The average molecular weight is 212 g/mol. The Labute approximate surface area is 93.0 Å². The number of hydrogen-bond donors (Lipinski definition) is 1. The number of morpholine rings is 1. The van der Waals surface area contributed by atoms with Crippen LogP contribution >= 0.6 is 0 Å². The van der Waals surface area contributed by atoms with E-state index in [1.54, 1.807) is 0 Å². The zero-order valence-corrected chi connectivity index (χ0v) is 10.0. The van der Waals surface area contributed by atoms with Gasteiger partial charge in [-0.05, 0) is 39.5 Å². The molecule has 1 aliphatic heterocycles. The first kappa shape index (κ1) is 11.4. The second-order valence-electron chi connectivity index (χ2n) is 5.48. The molecular formula is C12H24N2O. The molecule has 2 fully saturated rings. The summed E-state index contributed by atoms with van der Waals surface area (Å²) in [6, 6.07) is 0. The zero-order chi connectivity index (χ0) is 10.9. The molecule has 0 unspecified atom stereocenters. The van der Waals surface area contributed by atoms with Gasteiger partial charge in [-0.25, -0.2) is 0 Å². The molecule has 0 spiro atoms. The standard InChI is InChI=1S/C12H24N2O/c1-10-8-14(9-11(2)15-10)7-6-12(13)4-3-5-12/h10-11H,3-9,13H2,1-2H3/t10-,11+. The molecule has 1 saturated carbocycles. The van der Waals surface area contributed by atoms with Gasteiger partial charge >= 0.3 is 0 Å². The molecule has 3 heteroatoms. The minimum Gasteiger partial charge on any atom is -0.373 e. The van der Waals surface area contributed by atoms with Crippen molar-refractivity contribution in [3.8, 4) is 0 Å². The highest BCUT2D eigenvalue weighted by Gasteiger charge is 2.33. The van der Waals surface area contributed by atoms with Crippen LogP contribution in [0.5, 0.6) is 0 Å². The molecule has 2 atom stereocenters. The van der Waals surface area contributed by atoms with Crippen molar-refractivity contribution < 1.29 is 4.74 Å². The van der Waals surface area contributed by atoms with Gasteiger partial charge in [0.1, 0.15) is 0 Å². The summed E-state index contributed by atoms with van der Waals surface area (Å²) >= 11 is 0. The van der Waals surface area contributed by atoms with Crippen molar-refractivity contribution in [2.24, 2.45) is 5.73 Å². The SMILES string of the molecule is C[C@@H]1CN(CCC2(N)CCC2)C[C@H](C)O1. The Bertz CT molecular complexity index is 206. The highest BCUT2D eigenvalue weighted by atomic mass is 16.5. The summed E-state index contributed by atoms with van der Waals surface area (Å²) < 4.78 is 5.72. The molecule has 15 heavy (non-hydrogen) atoms. The van der Waals surface area contributed by atoms with Crippen molar-refractivity contribution in [1.82, 2.24) is 4.90 Å². The summed E-state index contributed by atoms with van der Waals surface area (Å²) in [5.41, 5.74) is 6.40. The maximum Gasteiger partial charge on any atom is 0.0678 e. The largest absolute Gasteiger partial charge is 0.373 e. The lowest BCUT2D eigenvalue weighted by atomic mass is 9.75. The first-order valence-corrected chi connectivity index (χ1v) is 6.24. The summed E-state index contributed by atoms with van der Waals surface area (Å²) in [5.74, 6) is 0. The second kappa shape index (κ2) is 4.40. The third-order valence-corrected chi connectivity index (χ3v) is 3.77. The van der Waals surface area contributed by atoms with Gasteiger partial charge in [0.05, 0.1) is 12.2 Å². The smallest absolute Gasteiger partial charge is 0.0678 e. The van der Waals surface area contributed by atoms with Crippen LogP contribution in [-0.2, 0) is 4.74 Å². The van der Waals surface area contributed by atoms with E-state index in [2.05, 4.69) is 18.7 Å². The van der Waals surface area contributed by atoms with Crippen molar-refractivity contribution in [2.45, 2.75) is 57.3 Å². The first-order chi connectivity index (χ1) is 7.07. The van der Waals surface area contributed by atoms with E-state index < -0.39 is 0 Å². The van der Waals surface area contributed by atoms with Crippen molar-refractivity contribution in [3.05, 3.63) is 0 Å². The second-order valence-corrected chi connectivity index (χ2v) is 5.48. The van der Waals surface area contributed by atoms with Gasteiger partial charge in [-0.2, -0.15) is 0 Å². The maximum absolute atomic E-state index is 6.23. The van der Waals surface area contributed by atoms with Gasteiger partial charge < -0.3 is 10.5 Å². The zero-order valence-electron chi connectivity index (χ0n) is 10.0. The number of rotatable bonds is 3. The lowest BCUT2D eigenvalue weighted by molar-refractivity contribution is -0.0700. The van der Waals surface area contributed by atoms with Gasteiger partial charge in [0.2, 0.25) is 0 Å². The number of ether oxygens (including phenoxy) is 1. The minimum atomic E-state index is 0.171.